The van der Waals surface area contributed by atoms with E-state index in [1.54, 1.807) is 0 Å². The van der Waals surface area contributed by atoms with Gasteiger partial charge in [-0.2, -0.15) is 0 Å². The average molecular weight is 250 g/mol. The molecule has 0 aliphatic carbocycles. The summed E-state index contributed by atoms with van der Waals surface area (Å²) < 4.78 is 11.8. The minimum Gasteiger partial charge on any atom is -0.463 e. The zero-order valence-electron chi connectivity index (χ0n) is 11.4. The molecule has 1 N–H and O–H groups in total. The first-order valence-corrected chi connectivity index (χ1v) is 6.56. The summed E-state index contributed by atoms with van der Waals surface area (Å²) in [5.74, 6) is 0.631. The molecule has 1 aliphatic heterocycles. The lowest BCUT2D eigenvalue weighted by Gasteiger charge is -2.24. The SMILES string of the molecule is Cc1ccc2c(c1)OC(C)(C)OC[C@H]2CCCO. The van der Waals surface area contributed by atoms with Crippen LogP contribution < -0.4 is 4.74 Å². The van der Waals surface area contributed by atoms with Crippen molar-refractivity contribution in [2.75, 3.05) is 13.2 Å². The highest BCUT2D eigenvalue weighted by atomic mass is 16.7. The summed E-state index contributed by atoms with van der Waals surface area (Å²) >= 11 is 0. The van der Waals surface area contributed by atoms with Crippen molar-refractivity contribution in [1.82, 2.24) is 0 Å². The van der Waals surface area contributed by atoms with Crippen LogP contribution in [0.3, 0.4) is 0 Å². The van der Waals surface area contributed by atoms with Crippen LogP contribution in [0, 0.1) is 6.92 Å². The minimum atomic E-state index is -0.587. The summed E-state index contributed by atoms with van der Waals surface area (Å²) in [4.78, 5) is 0. The average Bonchev–Trinajstić information content (AvgIpc) is 2.41. The fourth-order valence-electron chi connectivity index (χ4n) is 2.33. The predicted octanol–water partition coefficient (Wildman–Crippen LogP) is 3.00. The second kappa shape index (κ2) is 5.29. The zero-order valence-corrected chi connectivity index (χ0v) is 11.4. The first-order valence-electron chi connectivity index (χ1n) is 6.56. The Morgan fingerprint density at radius 3 is 2.89 bits per heavy atom. The smallest absolute Gasteiger partial charge is 0.204 e. The Labute approximate surface area is 109 Å². The van der Waals surface area contributed by atoms with E-state index in [9.17, 15) is 0 Å². The van der Waals surface area contributed by atoms with Gasteiger partial charge in [-0.3, -0.25) is 0 Å². The van der Waals surface area contributed by atoms with Crippen LogP contribution in [0.1, 0.15) is 43.7 Å². The van der Waals surface area contributed by atoms with Crippen LogP contribution in [0.5, 0.6) is 5.75 Å². The summed E-state index contributed by atoms with van der Waals surface area (Å²) in [6, 6.07) is 6.29. The first kappa shape index (κ1) is 13.4. The van der Waals surface area contributed by atoms with E-state index >= 15 is 0 Å². The number of rotatable bonds is 3. The molecule has 1 aromatic rings. The van der Waals surface area contributed by atoms with Gasteiger partial charge in [0.25, 0.3) is 0 Å². The topological polar surface area (TPSA) is 38.7 Å². The van der Waals surface area contributed by atoms with Gasteiger partial charge in [0.15, 0.2) is 0 Å². The molecule has 0 bridgehead atoms. The van der Waals surface area contributed by atoms with Crippen LogP contribution in [0.2, 0.25) is 0 Å². The normalized spacial score (nSPS) is 21.9. The Morgan fingerprint density at radius 2 is 2.17 bits per heavy atom. The molecule has 3 heteroatoms. The Bertz CT molecular complexity index is 412. The van der Waals surface area contributed by atoms with Crippen molar-refractivity contribution in [2.45, 2.75) is 45.3 Å². The molecule has 0 radical (unpaired) electrons. The Balaban J connectivity index is 2.31. The monoisotopic (exact) mass is 250 g/mol. The number of aliphatic hydroxyl groups is 1. The van der Waals surface area contributed by atoms with Crippen molar-refractivity contribution in [3.63, 3.8) is 0 Å². The Hall–Kier alpha value is -1.06. The molecule has 0 saturated heterocycles. The van der Waals surface area contributed by atoms with Crippen LogP contribution in [-0.2, 0) is 4.74 Å². The minimum absolute atomic E-state index is 0.224. The molecule has 0 fully saturated rings. The summed E-state index contributed by atoms with van der Waals surface area (Å²) in [6.07, 6.45) is 1.72. The van der Waals surface area contributed by atoms with E-state index in [1.807, 2.05) is 13.8 Å². The number of fused-ring (bicyclic) bond motifs is 1. The third-order valence-electron chi connectivity index (χ3n) is 3.31. The van der Waals surface area contributed by atoms with Crippen molar-refractivity contribution < 1.29 is 14.6 Å². The molecule has 18 heavy (non-hydrogen) atoms. The molecule has 0 aromatic heterocycles. The van der Waals surface area contributed by atoms with E-state index in [0.717, 1.165) is 18.6 Å². The Kier molecular flexibility index (Phi) is 3.93. The van der Waals surface area contributed by atoms with Crippen LogP contribution in [0.15, 0.2) is 18.2 Å². The van der Waals surface area contributed by atoms with Crippen LogP contribution in [-0.4, -0.2) is 24.1 Å². The molecule has 0 unspecified atom stereocenters. The van der Waals surface area contributed by atoms with E-state index in [0.29, 0.717) is 12.5 Å². The largest absolute Gasteiger partial charge is 0.463 e. The third-order valence-corrected chi connectivity index (χ3v) is 3.31. The van der Waals surface area contributed by atoms with Gasteiger partial charge in [-0.15, -0.1) is 0 Å². The van der Waals surface area contributed by atoms with Gasteiger partial charge in [0.1, 0.15) is 5.75 Å². The van der Waals surface area contributed by atoms with E-state index in [-0.39, 0.29) is 6.61 Å². The van der Waals surface area contributed by atoms with E-state index in [2.05, 4.69) is 25.1 Å². The van der Waals surface area contributed by atoms with Crippen molar-refractivity contribution in [3.8, 4) is 5.75 Å². The Morgan fingerprint density at radius 1 is 1.39 bits per heavy atom. The maximum Gasteiger partial charge on any atom is 0.204 e. The van der Waals surface area contributed by atoms with Crippen LogP contribution >= 0.6 is 0 Å². The maximum absolute atomic E-state index is 8.99. The fraction of sp³-hybridized carbons (Fsp3) is 0.600. The third kappa shape index (κ3) is 3.03. The fourth-order valence-corrected chi connectivity index (χ4v) is 2.33. The van der Waals surface area contributed by atoms with Gasteiger partial charge >= 0.3 is 0 Å². The summed E-state index contributed by atoms with van der Waals surface area (Å²) in [6.45, 7) is 6.80. The molecule has 0 spiro atoms. The standard InChI is InChI=1S/C15H22O3/c1-11-6-7-13-12(5-4-8-16)10-17-15(2,3)18-14(13)9-11/h6-7,9,12,16H,4-5,8,10H2,1-3H3/t12-/m1/s1. The number of aliphatic hydroxyl groups excluding tert-OH is 1. The molecule has 2 rings (SSSR count). The number of aryl methyl sites for hydroxylation is 1. The highest BCUT2D eigenvalue weighted by molar-refractivity contribution is 5.40. The molecule has 1 atom stereocenters. The lowest BCUT2D eigenvalue weighted by Crippen LogP contribution is -2.31. The van der Waals surface area contributed by atoms with Gasteiger partial charge in [-0.25, -0.2) is 0 Å². The highest BCUT2D eigenvalue weighted by Crippen LogP contribution is 2.37. The van der Waals surface area contributed by atoms with Gasteiger partial charge in [0.05, 0.1) is 6.61 Å². The summed E-state index contributed by atoms with van der Waals surface area (Å²) in [7, 11) is 0. The maximum atomic E-state index is 8.99. The molecule has 0 amide bonds. The van der Waals surface area contributed by atoms with Gasteiger partial charge in [-0.1, -0.05) is 12.1 Å². The number of ether oxygens (including phenoxy) is 2. The molecular weight excluding hydrogens is 228 g/mol. The van der Waals surface area contributed by atoms with Crippen molar-refractivity contribution in [3.05, 3.63) is 29.3 Å². The van der Waals surface area contributed by atoms with Crippen molar-refractivity contribution >= 4 is 0 Å². The zero-order chi connectivity index (χ0) is 13.2. The molecule has 1 heterocycles. The van der Waals surface area contributed by atoms with E-state index < -0.39 is 5.79 Å². The van der Waals surface area contributed by atoms with Gasteiger partial charge in [0, 0.05) is 26.4 Å². The second-order valence-corrected chi connectivity index (χ2v) is 5.42. The molecular formula is C15H22O3. The molecule has 1 aromatic carbocycles. The van der Waals surface area contributed by atoms with Crippen molar-refractivity contribution in [2.24, 2.45) is 0 Å². The lowest BCUT2D eigenvalue weighted by atomic mass is 9.93. The van der Waals surface area contributed by atoms with E-state index in [4.69, 9.17) is 14.6 Å². The predicted molar refractivity (Wildman–Crippen MR) is 70.9 cm³/mol. The van der Waals surface area contributed by atoms with Gasteiger partial charge in [-0.05, 0) is 37.0 Å². The number of hydrogen-bond donors (Lipinski definition) is 1. The molecule has 0 saturated carbocycles. The van der Waals surface area contributed by atoms with Gasteiger partial charge in [0.2, 0.25) is 5.79 Å². The van der Waals surface area contributed by atoms with Crippen molar-refractivity contribution in [1.29, 1.82) is 0 Å². The van der Waals surface area contributed by atoms with Crippen LogP contribution in [0.4, 0.5) is 0 Å². The van der Waals surface area contributed by atoms with Crippen LogP contribution in [0.25, 0.3) is 0 Å². The quantitative estimate of drug-likeness (QED) is 0.896. The molecule has 100 valence electrons. The first-order chi connectivity index (χ1) is 8.52. The number of hydrogen-bond acceptors (Lipinski definition) is 3. The van der Waals surface area contributed by atoms with E-state index in [1.165, 1.54) is 11.1 Å². The second-order valence-electron chi connectivity index (χ2n) is 5.42. The summed E-state index contributed by atoms with van der Waals surface area (Å²) in [5, 5.41) is 8.99. The number of benzene rings is 1. The summed E-state index contributed by atoms with van der Waals surface area (Å²) in [5.41, 5.74) is 2.38. The molecule has 1 aliphatic rings. The lowest BCUT2D eigenvalue weighted by molar-refractivity contribution is -0.152. The highest BCUT2D eigenvalue weighted by Gasteiger charge is 2.29. The molecule has 3 nitrogen and oxygen atoms in total. The van der Waals surface area contributed by atoms with Gasteiger partial charge < -0.3 is 14.6 Å².